The summed E-state index contributed by atoms with van der Waals surface area (Å²) in [5.74, 6) is 0.774. The summed E-state index contributed by atoms with van der Waals surface area (Å²) in [6.45, 7) is 8.06. The van der Waals surface area contributed by atoms with E-state index in [2.05, 4.69) is 35.6 Å². The lowest BCUT2D eigenvalue weighted by molar-refractivity contribution is 0.281. The Hall–Kier alpha value is -3.38. The van der Waals surface area contributed by atoms with E-state index >= 15 is 0 Å². The number of nitrogens with one attached hydrogen (secondary N) is 2. The monoisotopic (exact) mass is 447 g/mol. The molecule has 0 spiro atoms. The van der Waals surface area contributed by atoms with Crippen LogP contribution in [0.4, 0.5) is 0 Å². The number of H-pyrrole nitrogens is 2. The Kier molecular flexibility index (Phi) is 7.71. The maximum Gasteiger partial charge on any atom is 0.272 e. The second-order valence-corrected chi connectivity index (χ2v) is 9.47. The molecule has 6 nitrogen and oxygen atoms in total. The van der Waals surface area contributed by atoms with Crippen LogP contribution in [0.1, 0.15) is 43.9 Å². The Labute approximate surface area is 194 Å². The average molecular weight is 448 g/mol. The highest BCUT2D eigenvalue weighted by Crippen LogP contribution is 2.22. The first-order valence-corrected chi connectivity index (χ1v) is 11.2. The lowest BCUT2D eigenvalue weighted by Crippen LogP contribution is -2.46. The maximum atomic E-state index is 12.6. The third-order valence-electron chi connectivity index (χ3n) is 5.28. The summed E-state index contributed by atoms with van der Waals surface area (Å²) >= 11 is 0. The van der Waals surface area contributed by atoms with E-state index in [0.29, 0.717) is 6.61 Å². The highest BCUT2D eigenvalue weighted by molar-refractivity contribution is 5.51. The summed E-state index contributed by atoms with van der Waals surface area (Å²) in [7, 11) is 4.07. The van der Waals surface area contributed by atoms with Crippen molar-refractivity contribution in [1.82, 2.24) is 14.9 Å². The molecule has 0 atom stereocenters. The smallest absolute Gasteiger partial charge is 0.272 e. The summed E-state index contributed by atoms with van der Waals surface area (Å²) in [5.41, 5.74) is 2.21. The molecule has 0 radical (unpaired) electrons. The number of hydrogen-bond donors (Lipinski definition) is 2. The molecular formula is C27H33N3O3. The summed E-state index contributed by atoms with van der Waals surface area (Å²) in [4.78, 5) is 32.6. The molecule has 174 valence electrons. The molecule has 0 saturated heterocycles. The van der Waals surface area contributed by atoms with Gasteiger partial charge in [-0.2, -0.15) is 0 Å². The molecule has 0 aliphatic rings. The van der Waals surface area contributed by atoms with Crippen LogP contribution in [0.2, 0.25) is 0 Å². The van der Waals surface area contributed by atoms with Crippen molar-refractivity contribution in [3.63, 3.8) is 0 Å². The summed E-state index contributed by atoms with van der Waals surface area (Å²) < 4.78 is 5.73. The fraction of sp³-hybridized carbons (Fsp3) is 0.333. The zero-order valence-electron chi connectivity index (χ0n) is 20.1. The van der Waals surface area contributed by atoms with E-state index in [1.54, 1.807) is 12.2 Å². The van der Waals surface area contributed by atoms with Crippen LogP contribution in [-0.2, 0) is 5.41 Å². The molecule has 33 heavy (non-hydrogen) atoms. The molecule has 0 amide bonds. The molecule has 1 aromatic heterocycles. The van der Waals surface area contributed by atoms with Gasteiger partial charge in [-0.3, -0.25) is 9.59 Å². The molecule has 0 unspecified atom stereocenters. The van der Waals surface area contributed by atoms with Crippen LogP contribution in [-0.4, -0.2) is 42.1 Å². The molecule has 3 aromatic rings. The van der Waals surface area contributed by atoms with Crippen molar-refractivity contribution in [1.29, 1.82) is 0 Å². The Balaban J connectivity index is 1.79. The van der Waals surface area contributed by atoms with Crippen LogP contribution in [0.25, 0.3) is 12.2 Å². The largest absolute Gasteiger partial charge is 0.494 e. The van der Waals surface area contributed by atoms with Gasteiger partial charge < -0.3 is 19.6 Å². The van der Waals surface area contributed by atoms with Gasteiger partial charge in [0.15, 0.2) is 0 Å². The normalized spacial score (nSPS) is 13.0. The van der Waals surface area contributed by atoms with Crippen molar-refractivity contribution in [2.45, 2.75) is 32.6 Å². The molecule has 0 saturated carbocycles. The fourth-order valence-electron chi connectivity index (χ4n) is 3.34. The van der Waals surface area contributed by atoms with E-state index in [-0.39, 0.29) is 27.2 Å². The van der Waals surface area contributed by atoms with Crippen molar-refractivity contribution in [3.8, 4) is 5.75 Å². The second-order valence-electron chi connectivity index (χ2n) is 9.47. The summed E-state index contributed by atoms with van der Waals surface area (Å²) in [5, 5.41) is 0.432. The SMILES string of the molecule is CN(C)CCCOc1ccc(C=c2[nH]c(=O)c(=Cc3ccc(C(C)(C)C)cc3)[nH]c2=O)cc1. The first-order chi connectivity index (χ1) is 15.6. The highest BCUT2D eigenvalue weighted by atomic mass is 16.5. The average Bonchev–Trinajstić information content (AvgIpc) is 2.75. The first kappa shape index (κ1) is 24.3. The van der Waals surface area contributed by atoms with E-state index in [4.69, 9.17) is 4.74 Å². The van der Waals surface area contributed by atoms with E-state index in [1.165, 1.54) is 5.56 Å². The van der Waals surface area contributed by atoms with Crippen molar-refractivity contribution in [2.75, 3.05) is 27.2 Å². The van der Waals surface area contributed by atoms with Gasteiger partial charge in [-0.25, -0.2) is 0 Å². The van der Waals surface area contributed by atoms with Crippen LogP contribution in [0.5, 0.6) is 5.75 Å². The Morgan fingerprint density at radius 1 is 0.818 bits per heavy atom. The first-order valence-electron chi connectivity index (χ1n) is 11.2. The molecule has 0 bridgehead atoms. The van der Waals surface area contributed by atoms with Gasteiger partial charge in [-0.15, -0.1) is 0 Å². The van der Waals surface area contributed by atoms with Gasteiger partial charge in [0.05, 0.1) is 6.61 Å². The minimum absolute atomic E-state index is 0.0538. The van der Waals surface area contributed by atoms with Crippen LogP contribution >= 0.6 is 0 Å². The number of aromatic amines is 2. The van der Waals surface area contributed by atoms with Gasteiger partial charge >= 0.3 is 0 Å². The van der Waals surface area contributed by atoms with E-state index in [0.717, 1.165) is 29.8 Å². The van der Waals surface area contributed by atoms with E-state index < -0.39 is 0 Å². The van der Waals surface area contributed by atoms with Crippen molar-refractivity contribution in [3.05, 3.63) is 96.6 Å². The molecule has 3 rings (SSSR count). The quantitative estimate of drug-likeness (QED) is 0.545. The van der Waals surface area contributed by atoms with Crippen molar-refractivity contribution >= 4 is 12.2 Å². The molecule has 2 N–H and O–H groups in total. The second kappa shape index (κ2) is 10.5. The van der Waals surface area contributed by atoms with E-state index in [1.807, 2.05) is 62.6 Å². The number of hydrogen-bond acceptors (Lipinski definition) is 4. The van der Waals surface area contributed by atoms with Gasteiger partial charge in [-0.1, -0.05) is 57.2 Å². The lowest BCUT2D eigenvalue weighted by Gasteiger charge is -2.18. The number of rotatable bonds is 7. The molecular weight excluding hydrogens is 414 g/mol. The van der Waals surface area contributed by atoms with Crippen LogP contribution in [0, 0.1) is 0 Å². The fourth-order valence-corrected chi connectivity index (χ4v) is 3.34. The summed E-state index contributed by atoms with van der Waals surface area (Å²) in [6, 6.07) is 15.4. The van der Waals surface area contributed by atoms with Crippen LogP contribution in [0.15, 0.2) is 58.1 Å². The Bertz CT molecular complexity index is 1290. The molecule has 6 heteroatoms. The van der Waals surface area contributed by atoms with E-state index in [9.17, 15) is 9.59 Å². The molecule has 1 heterocycles. The Morgan fingerprint density at radius 2 is 1.30 bits per heavy atom. The van der Waals surface area contributed by atoms with Crippen molar-refractivity contribution in [2.24, 2.45) is 0 Å². The molecule has 0 fully saturated rings. The standard InChI is InChI=1S/C27H33N3O3/c1-27(2,3)21-11-7-19(8-12-21)17-23-25(31)29-24(26(32)28-23)18-20-9-13-22(14-10-20)33-16-6-15-30(4)5/h7-14,17-18H,6,15-16H2,1-5H3,(H,28,32)(H,29,31). The minimum Gasteiger partial charge on any atom is -0.494 e. The highest BCUT2D eigenvalue weighted by Gasteiger charge is 2.12. The minimum atomic E-state index is -0.351. The third kappa shape index (κ3) is 7.05. The predicted molar refractivity (Wildman–Crippen MR) is 134 cm³/mol. The maximum absolute atomic E-state index is 12.6. The zero-order valence-corrected chi connectivity index (χ0v) is 20.1. The summed E-state index contributed by atoms with van der Waals surface area (Å²) in [6.07, 6.45) is 4.28. The van der Waals surface area contributed by atoms with Gasteiger partial charge in [0.1, 0.15) is 16.4 Å². The van der Waals surface area contributed by atoms with Gasteiger partial charge in [-0.05, 0) is 66.9 Å². The van der Waals surface area contributed by atoms with Gasteiger partial charge in [0, 0.05) is 6.54 Å². The topological polar surface area (TPSA) is 78.2 Å². The lowest BCUT2D eigenvalue weighted by atomic mass is 9.87. The number of ether oxygens (including phenoxy) is 1. The molecule has 0 aliphatic heterocycles. The number of nitrogens with zero attached hydrogens (tertiary/aromatic N) is 1. The van der Waals surface area contributed by atoms with Crippen LogP contribution in [0.3, 0.4) is 0 Å². The van der Waals surface area contributed by atoms with Gasteiger partial charge in [0.2, 0.25) is 0 Å². The predicted octanol–water partition coefficient (Wildman–Crippen LogP) is 2.35. The van der Waals surface area contributed by atoms with Crippen molar-refractivity contribution < 1.29 is 4.74 Å². The van der Waals surface area contributed by atoms with Gasteiger partial charge in [0.25, 0.3) is 11.1 Å². The number of benzene rings is 2. The molecule has 0 aliphatic carbocycles. The number of aromatic nitrogens is 2. The van der Waals surface area contributed by atoms with Crippen LogP contribution < -0.4 is 26.6 Å². The zero-order chi connectivity index (χ0) is 24.0. The Morgan fingerprint density at radius 3 is 1.76 bits per heavy atom. The molecule has 2 aromatic carbocycles. The third-order valence-corrected chi connectivity index (χ3v) is 5.28.